The molecule has 2 amide bonds. The first-order chi connectivity index (χ1) is 17.9. The van der Waals surface area contributed by atoms with Crippen molar-refractivity contribution in [3.63, 3.8) is 0 Å². The maximum absolute atomic E-state index is 13.0. The van der Waals surface area contributed by atoms with Crippen LogP contribution in [0.25, 0.3) is 16.7 Å². The van der Waals surface area contributed by atoms with E-state index in [4.69, 9.17) is 4.42 Å². The zero-order valence-corrected chi connectivity index (χ0v) is 18.9. The number of carbonyl (C=O) groups is 2. The molecule has 13 heteroatoms. The molecule has 0 aliphatic carbocycles. The summed E-state index contributed by atoms with van der Waals surface area (Å²) >= 11 is 0. The summed E-state index contributed by atoms with van der Waals surface area (Å²) in [5, 5.41) is 9.50. The second-order valence-corrected chi connectivity index (χ2v) is 7.86. The summed E-state index contributed by atoms with van der Waals surface area (Å²) in [5.74, 6) is -1.69. The van der Waals surface area contributed by atoms with Gasteiger partial charge < -0.3 is 19.8 Å². The van der Waals surface area contributed by atoms with Crippen molar-refractivity contribution in [1.29, 1.82) is 0 Å². The lowest BCUT2D eigenvalue weighted by Crippen LogP contribution is -2.28. The van der Waals surface area contributed by atoms with Crippen LogP contribution >= 0.6 is 0 Å². The predicted molar refractivity (Wildman–Crippen MR) is 125 cm³/mol. The van der Waals surface area contributed by atoms with Gasteiger partial charge in [0, 0.05) is 25.2 Å². The Hall–Kier alpha value is -5.07. The van der Waals surface area contributed by atoms with E-state index in [-0.39, 0.29) is 35.9 Å². The van der Waals surface area contributed by atoms with Gasteiger partial charge in [0.2, 0.25) is 0 Å². The highest BCUT2D eigenvalue weighted by molar-refractivity contribution is 5.98. The van der Waals surface area contributed by atoms with Crippen LogP contribution in [0.1, 0.15) is 32.1 Å². The molecule has 0 spiro atoms. The molecule has 0 aliphatic heterocycles. The lowest BCUT2D eigenvalue weighted by molar-refractivity contribution is -0.0498. The van der Waals surface area contributed by atoms with Crippen LogP contribution in [-0.2, 0) is 13.1 Å². The molecule has 3 aromatic heterocycles. The van der Waals surface area contributed by atoms with Crippen molar-refractivity contribution < 1.29 is 27.5 Å². The van der Waals surface area contributed by atoms with Gasteiger partial charge in [-0.2, -0.15) is 13.9 Å². The Balaban J connectivity index is 1.30. The van der Waals surface area contributed by atoms with Crippen LogP contribution in [0.2, 0.25) is 0 Å². The third-order valence-electron chi connectivity index (χ3n) is 5.34. The molecule has 11 nitrogen and oxygen atoms in total. The number of ether oxygens (including phenoxy) is 1. The van der Waals surface area contributed by atoms with Gasteiger partial charge >= 0.3 is 12.4 Å². The normalized spacial score (nSPS) is 11.2. The number of carbonyl (C=O) groups excluding carboxylic acids is 2. The molecule has 0 bridgehead atoms. The van der Waals surface area contributed by atoms with Gasteiger partial charge in [0.05, 0.1) is 11.7 Å². The Morgan fingerprint density at radius 2 is 1.81 bits per heavy atom. The molecule has 37 heavy (non-hydrogen) atoms. The number of amides is 2. The quantitative estimate of drug-likeness (QED) is 0.292. The lowest BCUT2D eigenvalue weighted by Gasteiger charge is -2.11. The van der Waals surface area contributed by atoms with Gasteiger partial charge in [-0.05, 0) is 35.4 Å². The van der Waals surface area contributed by atoms with Crippen LogP contribution in [0.4, 0.5) is 8.78 Å². The number of halogens is 2. The van der Waals surface area contributed by atoms with Crippen molar-refractivity contribution in [2.45, 2.75) is 19.7 Å². The number of hydrogen-bond donors (Lipinski definition) is 3. The summed E-state index contributed by atoms with van der Waals surface area (Å²) in [7, 11) is 0. The number of rotatable bonds is 8. The highest BCUT2D eigenvalue weighted by Gasteiger charge is 2.18. The maximum atomic E-state index is 13.0. The summed E-state index contributed by atoms with van der Waals surface area (Å²) in [6.45, 7) is -2.81. The number of aromatic nitrogens is 4. The van der Waals surface area contributed by atoms with E-state index in [1.54, 1.807) is 30.3 Å². The molecule has 5 rings (SSSR count). The molecule has 0 aliphatic rings. The van der Waals surface area contributed by atoms with Crippen molar-refractivity contribution >= 4 is 28.6 Å². The number of aromatic amines is 1. The number of H-pyrrole nitrogens is 1. The van der Waals surface area contributed by atoms with E-state index in [2.05, 4.69) is 30.4 Å². The topological polar surface area (TPSA) is 144 Å². The van der Waals surface area contributed by atoms with E-state index in [0.29, 0.717) is 22.2 Å². The van der Waals surface area contributed by atoms with Crippen LogP contribution in [0.15, 0.2) is 70.0 Å². The molecule has 5 aromatic rings. The van der Waals surface area contributed by atoms with Crippen molar-refractivity contribution in [2.75, 3.05) is 0 Å². The highest BCUT2D eigenvalue weighted by Crippen LogP contribution is 2.16. The maximum Gasteiger partial charge on any atom is 0.417 e. The zero-order valence-electron chi connectivity index (χ0n) is 18.9. The molecular formula is C24H18F2N6O5. The van der Waals surface area contributed by atoms with Crippen LogP contribution < -0.4 is 21.1 Å². The third-order valence-corrected chi connectivity index (χ3v) is 5.34. The Kier molecular flexibility index (Phi) is 6.32. The molecule has 0 fully saturated rings. The lowest BCUT2D eigenvalue weighted by atomic mass is 10.2. The van der Waals surface area contributed by atoms with Crippen LogP contribution in [0, 0.1) is 0 Å². The van der Waals surface area contributed by atoms with Gasteiger partial charge in [-0.3, -0.25) is 14.6 Å². The van der Waals surface area contributed by atoms with Crippen LogP contribution in [0.5, 0.6) is 5.75 Å². The molecule has 3 N–H and O–H groups in total. The largest absolute Gasteiger partial charge is 0.435 e. The summed E-state index contributed by atoms with van der Waals surface area (Å²) < 4.78 is 35.6. The Morgan fingerprint density at radius 1 is 1.03 bits per heavy atom. The number of alkyl halides is 2. The number of benzene rings is 2. The number of nitrogens with zero attached hydrogens (tertiary/aromatic N) is 3. The fourth-order valence-corrected chi connectivity index (χ4v) is 3.68. The first-order valence-electron chi connectivity index (χ1n) is 10.9. The molecule has 2 aromatic carbocycles. The third kappa shape index (κ3) is 5.29. The smallest absolute Gasteiger partial charge is 0.417 e. The number of fused-ring (bicyclic) bond motifs is 2. The zero-order chi connectivity index (χ0) is 25.9. The van der Waals surface area contributed by atoms with Crippen LogP contribution in [-0.4, -0.2) is 38.0 Å². The summed E-state index contributed by atoms with van der Waals surface area (Å²) in [5.41, 5.74) is 2.46. The molecule has 0 unspecified atom stereocenters. The molecule has 3 heterocycles. The SMILES string of the molecule is O=C(NCc1ccc2oc(=O)[nH]c2c1)c1cc(C(=O)NCc2cccc(OC(F)F)c2)n2nccc2n1. The Bertz CT molecular complexity index is 1680. The van der Waals surface area contributed by atoms with E-state index in [9.17, 15) is 23.2 Å². The van der Waals surface area contributed by atoms with E-state index in [1.807, 2.05) is 0 Å². The molecule has 0 radical (unpaired) electrons. The van der Waals surface area contributed by atoms with Crippen molar-refractivity contribution in [2.24, 2.45) is 0 Å². The van der Waals surface area contributed by atoms with Crippen molar-refractivity contribution in [3.8, 4) is 5.75 Å². The Labute approximate surface area is 206 Å². The average Bonchev–Trinajstić information content (AvgIpc) is 3.50. The molecular weight excluding hydrogens is 490 g/mol. The predicted octanol–water partition coefficient (Wildman–Crippen LogP) is 2.63. The van der Waals surface area contributed by atoms with E-state index < -0.39 is 24.2 Å². The second kappa shape index (κ2) is 9.89. The number of oxazole rings is 1. The summed E-state index contributed by atoms with van der Waals surface area (Å²) in [6, 6.07) is 13.8. The van der Waals surface area contributed by atoms with Gasteiger partial charge in [-0.25, -0.2) is 14.3 Å². The van der Waals surface area contributed by atoms with Crippen LogP contribution in [0.3, 0.4) is 0 Å². The first-order valence-corrected chi connectivity index (χ1v) is 10.9. The molecule has 0 saturated carbocycles. The van der Waals surface area contributed by atoms with Crippen molar-refractivity contribution in [1.82, 2.24) is 30.2 Å². The fourth-order valence-electron chi connectivity index (χ4n) is 3.68. The summed E-state index contributed by atoms with van der Waals surface area (Å²) in [4.78, 5) is 43.9. The van der Waals surface area contributed by atoms with Crippen molar-refractivity contribution in [3.05, 3.63) is 93.9 Å². The van der Waals surface area contributed by atoms with Gasteiger partial charge in [0.25, 0.3) is 11.8 Å². The van der Waals surface area contributed by atoms with E-state index >= 15 is 0 Å². The first kappa shape index (κ1) is 23.7. The van der Waals surface area contributed by atoms with Gasteiger partial charge in [-0.1, -0.05) is 18.2 Å². The summed E-state index contributed by atoms with van der Waals surface area (Å²) in [6.07, 6.45) is 1.44. The van der Waals surface area contributed by atoms with Gasteiger partial charge in [0.1, 0.15) is 17.1 Å². The average molecular weight is 508 g/mol. The fraction of sp³-hybridized carbons (Fsp3) is 0.125. The molecule has 0 saturated heterocycles. The van der Waals surface area contributed by atoms with Gasteiger partial charge in [-0.15, -0.1) is 0 Å². The molecule has 0 atom stereocenters. The number of hydrogen-bond acceptors (Lipinski definition) is 7. The number of nitrogens with one attached hydrogen (secondary N) is 3. The van der Waals surface area contributed by atoms with Gasteiger partial charge in [0.15, 0.2) is 11.2 Å². The highest BCUT2D eigenvalue weighted by atomic mass is 19.3. The minimum atomic E-state index is -2.96. The minimum Gasteiger partial charge on any atom is -0.435 e. The minimum absolute atomic E-state index is 0.0109. The second-order valence-electron chi connectivity index (χ2n) is 7.86. The molecule has 188 valence electrons. The van der Waals surface area contributed by atoms with E-state index in [1.165, 1.54) is 35.0 Å². The Morgan fingerprint density at radius 3 is 2.62 bits per heavy atom. The monoisotopic (exact) mass is 508 g/mol. The van der Waals surface area contributed by atoms with E-state index in [0.717, 1.165) is 0 Å². The standard InChI is InChI=1S/C24H18F2N6O5/c25-23(26)36-15-3-1-2-13(8-15)11-28-22(34)18-10-17(30-20-6-7-29-32(18)20)21(33)27-12-14-4-5-19-16(9-14)31-24(35)37-19/h1-10,23H,11-12H2,(H,27,33)(H,28,34)(H,31,35).